The van der Waals surface area contributed by atoms with Gasteiger partial charge in [-0.2, -0.15) is 0 Å². The summed E-state index contributed by atoms with van der Waals surface area (Å²) in [7, 11) is 6.71. The number of carbonyl (C=O) groups excluding carboxylic acids is 2. The van der Waals surface area contributed by atoms with Crippen LogP contribution in [-0.4, -0.2) is 101 Å². The molecule has 2 unspecified atom stereocenters. The summed E-state index contributed by atoms with van der Waals surface area (Å²) < 4.78 is 36.9. The second-order valence-electron chi connectivity index (χ2n) is 15.4. The molecule has 314 valence electrons. The number of nitrogens with one attached hydrogen (secondary N) is 1. The number of carbonyl (C=O) groups is 2. The Bertz CT molecular complexity index is 2450. The number of anilines is 3. The molecule has 13 nitrogen and oxygen atoms in total. The Hall–Kier alpha value is -5.25. The number of hydrogen-bond donors (Lipinski definition) is 1. The predicted molar refractivity (Wildman–Crippen MR) is 232 cm³/mol. The topological polar surface area (TPSA) is 138 Å². The molecule has 2 saturated heterocycles. The molecule has 15 heteroatoms. The molecule has 4 heterocycles. The highest BCUT2D eigenvalue weighted by molar-refractivity contribution is 9.09. The molecule has 2 aliphatic rings. The smallest absolute Gasteiger partial charge is 0.253 e. The number of rotatable bonds is 8. The van der Waals surface area contributed by atoms with Crippen LogP contribution in [0.15, 0.2) is 79.1 Å². The van der Waals surface area contributed by atoms with Gasteiger partial charge in [0.1, 0.15) is 17.0 Å². The first-order valence-electron chi connectivity index (χ1n) is 19.6. The molecule has 2 aromatic heterocycles. The van der Waals surface area contributed by atoms with Crippen molar-refractivity contribution in [1.82, 2.24) is 9.80 Å². The number of morpholine rings is 2. The van der Waals surface area contributed by atoms with Gasteiger partial charge in [-0.1, -0.05) is 15.9 Å². The van der Waals surface area contributed by atoms with Crippen LogP contribution >= 0.6 is 15.9 Å². The van der Waals surface area contributed by atoms with Crippen LogP contribution in [0.4, 0.5) is 21.8 Å². The van der Waals surface area contributed by atoms with Crippen LogP contribution in [0.3, 0.4) is 0 Å². The van der Waals surface area contributed by atoms with E-state index in [1.165, 1.54) is 34.1 Å². The van der Waals surface area contributed by atoms with Gasteiger partial charge in [0, 0.05) is 99.3 Å². The van der Waals surface area contributed by atoms with Crippen molar-refractivity contribution in [3.8, 4) is 0 Å². The lowest BCUT2D eigenvalue weighted by atomic mass is 10.00. The number of hydrogen-bond acceptors (Lipinski definition) is 11. The lowest BCUT2D eigenvalue weighted by Crippen LogP contribution is -2.41. The standard InChI is InChI=1S/C25H28FN3O4.C19H23BrN2O4/c1-15-14-29(9-10-32-15)23-13-22(30)21-12-17(25(31)28(3)4)11-20(24(21)33-23)16(2)27-19-7-5-18(26)6-8-19;1-11-10-22(5-6-25-11)17-9-16(23)15-8-13(19(24)21(3)4)7-14(12(2)20)18(15)26-17/h5-8,11-13,15-16,27H,9-10,14H2,1-4H3;7-9,11-12H,5-6,10H2,1-4H3/t15-,16?;11-,12?/m00/s1. The summed E-state index contributed by atoms with van der Waals surface area (Å²) >= 11 is 3.56. The number of fused-ring (bicyclic) bond motifs is 2. The first-order chi connectivity index (χ1) is 28.0. The third kappa shape index (κ3) is 9.97. The van der Waals surface area contributed by atoms with E-state index in [9.17, 15) is 23.6 Å². The third-order valence-corrected chi connectivity index (χ3v) is 10.7. The normalized spacial score (nSPS) is 17.9. The van der Waals surface area contributed by atoms with E-state index in [0.29, 0.717) is 95.5 Å². The van der Waals surface area contributed by atoms with E-state index in [2.05, 4.69) is 21.2 Å². The van der Waals surface area contributed by atoms with Gasteiger partial charge < -0.3 is 43.2 Å². The first kappa shape index (κ1) is 43.3. The average Bonchev–Trinajstić information content (AvgIpc) is 3.20. The van der Waals surface area contributed by atoms with Crippen LogP contribution in [0.25, 0.3) is 21.9 Å². The molecule has 5 aromatic rings. The maximum Gasteiger partial charge on any atom is 0.253 e. The van der Waals surface area contributed by atoms with Crippen molar-refractivity contribution in [1.29, 1.82) is 0 Å². The highest BCUT2D eigenvalue weighted by Crippen LogP contribution is 2.34. The number of benzene rings is 3. The summed E-state index contributed by atoms with van der Waals surface area (Å²) in [6.45, 7) is 11.6. The number of nitrogens with zero attached hydrogens (tertiary/aromatic N) is 4. The van der Waals surface area contributed by atoms with Crippen LogP contribution < -0.4 is 26.0 Å². The van der Waals surface area contributed by atoms with Crippen LogP contribution in [-0.2, 0) is 9.47 Å². The fourth-order valence-electron chi connectivity index (χ4n) is 7.15. The molecule has 7 rings (SSSR count). The molecule has 0 aliphatic carbocycles. The van der Waals surface area contributed by atoms with Gasteiger partial charge in [-0.05, 0) is 76.2 Å². The van der Waals surface area contributed by atoms with Crippen LogP contribution in [0.1, 0.15) is 70.4 Å². The van der Waals surface area contributed by atoms with Crippen LogP contribution in [0.5, 0.6) is 0 Å². The molecule has 2 aliphatic heterocycles. The summed E-state index contributed by atoms with van der Waals surface area (Å²) in [5, 5.41) is 4.07. The van der Waals surface area contributed by atoms with Gasteiger partial charge in [0.2, 0.25) is 0 Å². The van der Waals surface area contributed by atoms with Crippen LogP contribution in [0, 0.1) is 5.82 Å². The summed E-state index contributed by atoms with van der Waals surface area (Å²) in [4.78, 5) is 57.9. The Labute approximate surface area is 350 Å². The summed E-state index contributed by atoms with van der Waals surface area (Å²) in [6.07, 6.45) is 0.109. The number of ether oxygens (including phenoxy) is 2. The maximum absolute atomic E-state index is 13.3. The first-order valence-corrected chi connectivity index (χ1v) is 20.5. The molecule has 0 saturated carbocycles. The van der Waals surface area contributed by atoms with Crippen molar-refractivity contribution in [2.24, 2.45) is 0 Å². The van der Waals surface area contributed by atoms with E-state index >= 15 is 0 Å². The van der Waals surface area contributed by atoms with Crippen molar-refractivity contribution in [3.63, 3.8) is 0 Å². The molecular formula is C44H51BrFN5O8. The molecule has 0 spiro atoms. The Kier molecular flexibility index (Phi) is 13.5. The number of halogens is 2. The van der Waals surface area contributed by atoms with E-state index in [4.69, 9.17) is 18.3 Å². The van der Waals surface area contributed by atoms with Gasteiger partial charge in [0.05, 0.1) is 42.2 Å². The Morgan fingerprint density at radius 2 is 1.17 bits per heavy atom. The minimum Gasteiger partial charge on any atom is -0.440 e. The molecule has 4 atom stereocenters. The van der Waals surface area contributed by atoms with E-state index in [1.807, 2.05) is 37.5 Å². The zero-order chi connectivity index (χ0) is 42.7. The SMILES string of the molecule is CC(Br)c1cc(C(=O)N(C)C)cc2c(=O)cc(N3CCO[C@@H](C)C3)oc12.CC(Nc1ccc(F)cc1)c1cc(C(=O)N(C)C)cc2c(=O)cc(N3CCO[C@@H](C)C3)oc12. The van der Waals surface area contributed by atoms with Gasteiger partial charge in [-0.15, -0.1) is 0 Å². The predicted octanol–water partition coefficient (Wildman–Crippen LogP) is 7.21. The Balaban J connectivity index is 0.000000204. The Morgan fingerprint density at radius 1 is 0.729 bits per heavy atom. The summed E-state index contributed by atoms with van der Waals surface area (Å²) in [6, 6.07) is 15.4. The zero-order valence-corrected chi connectivity index (χ0v) is 36.2. The van der Waals surface area contributed by atoms with Crippen LogP contribution in [0.2, 0.25) is 0 Å². The fraction of sp³-hybridized carbons (Fsp3) is 0.409. The van der Waals surface area contributed by atoms with E-state index in [-0.39, 0.29) is 51.6 Å². The van der Waals surface area contributed by atoms with Gasteiger partial charge >= 0.3 is 0 Å². The monoisotopic (exact) mass is 875 g/mol. The zero-order valence-electron chi connectivity index (χ0n) is 34.6. The van der Waals surface area contributed by atoms with E-state index < -0.39 is 0 Å². The second kappa shape index (κ2) is 18.3. The minimum absolute atomic E-state index is 0.0263. The third-order valence-electron chi connectivity index (χ3n) is 10.2. The number of amides is 2. The summed E-state index contributed by atoms with van der Waals surface area (Å²) in [5.41, 5.74) is 3.62. The molecular weight excluding hydrogens is 825 g/mol. The maximum atomic E-state index is 13.3. The van der Waals surface area contributed by atoms with E-state index in [1.54, 1.807) is 64.6 Å². The van der Waals surface area contributed by atoms with Crippen molar-refractivity contribution in [3.05, 3.63) is 109 Å². The highest BCUT2D eigenvalue weighted by atomic mass is 79.9. The van der Waals surface area contributed by atoms with Crippen molar-refractivity contribution in [2.45, 2.75) is 50.8 Å². The quantitative estimate of drug-likeness (QED) is 0.158. The minimum atomic E-state index is -0.326. The van der Waals surface area contributed by atoms with Crippen molar-refractivity contribution >= 4 is 67.1 Å². The fourth-order valence-corrected chi connectivity index (χ4v) is 7.49. The van der Waals surface area contributed by atoms with Gasteiger partial charge in [-0.3, -0.25) is 19.2 Å². The highest BCUT2D eigenvalue weighted by Gasteiger charge is 2.25. The van der Waals surface area contributed by atoms with Gasteiger partial charge in [0.15, 0.2) is 22.6 Å². The van der Waals surface area contributed by atoms with E-state index in [0.717, 1.165) is 5.56 Å². The van der Waals surface area contributed by atoms with Gasteiger partial charge in [0.25, 0.3) is 11.8 Å². The molecule has 0 bridgehead atoms. The van der Waals surface area contributed by atoms with Gasteiger partial charge in [-0.25, -0.2) is 4.39 Å². The lowest BCUT2D eigenvalue weighted by Gasteiger charge is -2.31. The molecule has 2 amide bonds. The van der Waals surface area contributed by atoms with Crippen molar-refractivity contribution in [2.75, 3.05) is 82.7 Å². The van der Waals surface area contributed by atoms with Crippen molar-refractivity contribution < 1.29 is 32.3 Å². The average molecular weight is 877 g/mol. The summed E-state index contributed by atoms with van der Waals surface area (Å²) in [5.74, 6) is 0.334. The molecule has 0 radical (unpaired) electrons. The largest absolute Gasteiger partial charge is 0.440 e. The number of alkyl halides is 1. The molecule has 59 heavy (non-hydrogen) atoms. The lowest BCUT2D eigenvalue weighted by molar-refractivity contribution is 0.0516. The molecule has 3 aromatic carbocycles. The molecule has 2 fully saturated rings. The Morgan fingerprint density at radius 3 is 1.59 bits per heavy atom. The molecule has 1 N–H and O–H groups in total. The second-order valence-corrected chi connectivity index (χ2v) is 16.8.